The zero-order chi connectivity index (χ0) is 26.4. The Balaban J connectivity index is 0.000000301. The van der Waals surface area contributed by atoms with Gasteiger partial charge in [0.15, 0.2) is 9.84 Å². The lowest BCUT2D eigenvalue weighted by atomic mass is 10.0. The Kier molecular flexibility index (Phi) is 8.87. The Labute approximate surface area is 228 Å². The molecule has 0 amide bonds. The minimum atomic E-state index is -3.50. The lowest BCUT2D eigenvalue weighted by Crippen LogP contribution is -2.40. The van der Waals surface area contributed by atoms with Gasteiger partial charge in [-0.2, -0.15) is 0 Å². The van der Waals surface area contributed by atoms with Crippen LogP contribution in [0.25, 0.3) is 16.8 Å². The molecular weight excluding hydrogens is 527 g/mol. The van der Waals surface area contributed by atoms with Gasteiger partial charge in [0.05, 0.1) is 4.90 Å². The van der Waals surface area contributed by atoms with Crippen LogP contribution in [-0.2, 0) is 9.84 Å². The van der Waals surface area contributed by atoms with E-state index < -0.39 is 15.2 Å². The molecule has 1 N–H and O–H groups in total. The van der Waals surface area contributed by atoms with E-state index in [1.54, 1.807) is 36.4 Å². The molecule has 2 heterocycles. The van der Waals surface area contributed by atoms with Gasteiger partial charge in [-0.05, 0) is 86.8 Å². The first-order chi connectivity index (χ1) is 17.8. The lowest BCUT2D eigenvalue weighted by molar-refractivity contribution is 0.112. The van der Waals surface area contributed by atoms with Gasteiger partial charge in [-0.25, -0.2) is 8.42 Å². The molecule has 1 aromatic heterocycles. The second kappa shape index (κ2) is 12.1. The van der Waals surface area contributed by atoms with Gasteiger partial charge in [0.1, 0.15) is 11.7 Å². The minimum Gasteiger partial charge on any atom is -0.321 e. The van der Waals surface area contributed by atoms with Crippen LogP contribution in [0.15, 0.2) is 90.0 Å². The number of hydrogen-bond donors (Lipinski definition) is 1. The van der Waals surface area contributed by atoms with Crippen LogP contribution in [0.5, 0.6) is 0 Å². The lowest BCUT2D eigenvalue weighted by Gasteiger charge is -2.24. The van der Waals surface area contributed by atoms with Crippen LogP contribution in [0, 0.1) is 6.92 Å². The van der Waals surface area contributed by atoms with Crippen molar-refractivity contribution in [1.29, 1.82) is 0 Å². The first-order valence-corrected chi connectivity index (χ1v) is 14.3. The van der Waals surface area contributed by atoms with Crippen molar-refractivity contribution in [3.05, 3.63) is 106 Å². The number of nitrogens with one attached hydrogen (secondary N) is 1. The summed E-state index contributed by atoms with van der Waals surface area (Å²) in [5.74, 6) is 0. The van der Waals surface area contributed by atoms with Crippen molar-refractivity contribution in [2.45, 2.75) is 36.5 Å². The van der Waals surface area contributed by atoms with Crippen LogP contribution in [0.4, 0.5) is 0 Å². The van der Waals surface area contributed by atoms with E-state index in [1.165, 1.54) is 0 Å². The van der Waals surface area contributed by atoms with E-state index >= 15 is 0 Å². The number of piperidine rings is 1. The van der Waals surface area contributed by atoms with Gasteiger partial charge in [-0.3, -0.25) is 4.79 Å². The number of aldehydes is 1. The first kappa shape index (κ1) is 27.1. The molecule has 192 valence electrons. The summed E-state index contributed by atoms with van der Waals surface area (Å²) in [5.41, 5.74) is 4.08. The predicted molar refractivity (Wildman–Crippen MR) is 151 cm³/mol. The highest BCUT2D eigenvalue weighted by Crippen LogP contribution is 2.33. The Morgan fingerprint density at radius 2 is 1.76 bits per heavy atom. The number of halogens is 2. The van der Waals surface area contributed by atoms with Gasteiger partial charge in [0.2, 0.25) is 0 Å². The summed E-state index contributed by atoms with van der Waals surface area (Å²) in [6, 6.07) is 23.8. The minimum absolute atomic E-state index is 0.326. The highest BCUT2D eigenvalue weighted by Gasteiger charge is 2.29. The van der Waals surface area contributed by atoms with Crippen molar-refractivity contribution in [2.24, 2.45) is 0 Å². The van der Waals surface area contributed by atoms with Crippen LogP contribution in [0.2, 0.25) is 10.0 Å². The number of sulfone groups is 1. The van der Waals surface area contributed by atoms with Crippen molar-refractivity contribution in [1.82, 2.24) is 9.88 Å². The van der Waals surface area contributed by atoms with Gasteiger partial charge in [0, 0.05) is 38.8 Å². The van der Waals surface area contributed by atoms with E-state index in [0.717, 1.165) is 48.2 Å². The quantitative estimate of drug-likeness (QED) is 0.266. The maximum Gasteiger partial charge on any atom is 0.194 e. The summed E-state index contributed by atoms with van der Waals surface area (Å²) in [6.07, 6.45) is 5.28. The fourth-order valence-electron chi connectivity index (χ4n) is 4.32. The van der Waals surface area contributed by atoms with E-state index in [2.05, 4.69) is 5.32 Å². The summed E-state index contributed by atoms with van der Waals surface area (Å²) < 4.78 is 28.7. The second-order valence-corrected chi connectivity index (χ2v) is 11.8. The van der Waals surface area contributed by atoms with E-state index in [0.29, 0.717) is 26.9 Å². The van der Waals surface area contributed by atoms with Crippen molar-refractivity contribution in [3.63, 3.8) is 0 Å². The van der Waals surface area contributed by atoms with Crippen LogP contribution < -0.4 is 5.32 Å². The zero-order valence-corrected chi connectivity index (χ0v) is 22.7. The average molecular weight is 556 g/mol. The van der Waals surface area contributed by atoms with Crippen molar-refractivity contribution in [2.75, 3.05) is 6.54 Å². The fraction of sp³-hybridized carbons (Fsp3) is 0.207. The Morgan fingerprint density at radius 3 is 2.38 bits per heavy atom. The highest BCUT2D eigenvalue weighted by molar-refractivity contribution is 7.92. The smallest absolute Gasteiger partial charge is 0.194 e. The number of nitrogens with zero attached hydrogens (tertiary/aromatic N) is 1. The number of benzene rings is 3. The fourth-order valence-corrected chi connectivity index (χ4v) is 6.48. The molecule has 1 aliphatic heterocycles. The summed E-state index contributed by atoms with van der Waals surface area (Å²) in [5, 5.41) is 3.83. The summed E-state index contributed by atoms with van der Waals surface area (Å²) >= 11 is 12.0. The highest BCUT2D eigenvalue weighted by atomic mass is 35.5. The molecule has 5 rings (SSSR count). The van der Waals surface area contributed by atoms with Gasteiger partial charge in [0.25, 0.3) is 0 Å². The molecule has 4 aromatic rings. The third kappa shape index (κ3) is 6.51. The molecule has 37 heavy (non-hydrogen) atoms. The Hall–Kier alpha value is -2.90. The molecule has 3 aromatic carbocycles. The molecule has 1 aliphatic rings. The van der Waals surface area contributed by atoms with Gasteiger partial charge < -0.3 is 9.88 Å². The van der Waals surface area contributed by atoms with Crippen molar-refractivity contribution in [3.8, 4) is 16.8 Å². The topological polar surface area (TPSA) is 68.2 Å². The molecule has 1 atom stereocenters. The molecule has 5 nitrogen and oxygen atoms in total. The van der Waals surface area contributed by atoms with Crippen molar-refractivity contribution >= 4 is 39.3 Å². The van der Waals surface area contributed by atoms with Crippen molar-refractivity contribution < 1.29 is 13.2 Å². The Bertz CT molecular complexity index is 1490. The first-order valence-electron chi connectivity index (χ1n) is 12.0. The van der Waals surface area contributed by atoms with E-state index in [-0.39, 0.29) is 0 Å². The summed E-state index contributed by atoms with van der Waals surface area (Å²) in [4.78, 5) is 10.4. The van der Waals surface area contributed by atoms with E-state index in [4.69, 9.17) is 23.2 Å². The number of aryl methyl sites for hydroxylation is 1. The molecular formula is C29H28Cl2N2O3S. The largest absolute Gasteiger partial charge is 0.321 e. The molecule has 0 bridgehead atoms. The molecule has 0 aliphatic carbocycles. The van der Waals surface area contributed by atoms with E-state index in [9.17, 15) is 13.2 Å². The molecule has 1 unspecified atom stereocenters. The average Bonchev–Trinajstić information content (AvgIpc) is 3.35. The summed E-state index contributed by atoms with van der Waals surface area (Å²) in [7, 11) is -3.50. The third-order valence-corrected chi connectivity index (χ3v) is 8.87. The van der Waals surface area contributed by atoms with Crippen LogP contribution in [-0.4, -0.2) is 31.2 Å². The van der Waals surface area contributed by atoms with Crippen LogP contribution in [0.1, 0.15) is 35.3 Å². The van der Waals surface area contributed by atoms with Gasteiger partial charge in [-0.15, -0.1) is 0 Å². The zero-order valence-electron chi connectivity index (χ0n) is 20.4. The van der Waals surface area contributed by atoms with Crippen LogP contribution in [0.3, 0.4) is 0 Å². The molecule has 8 heteroatoms. The standard InChI is InChI=1S/C22H23ClN2O2S.C7H5ClO/c1-16-7-6-12-25(16)18-13-17(20-8-2-3-9-21(20)23)14-19(15-18)28(26,27)22-10-4-5-11-24-22;8-7-3-1-2-6(4-7)5-9/h2-3,6-9,12-15,22,24H,4-5,10-11H2,1H3;1-5H. The molecule has 1 fully saturated rings. The maximum absolute atomic E-state index is 13.4. The second-order valence-electron chi connectivity index (χ2n) is 8.87. The van der Waals surface area contributed by atoms with Gasteiger partial charge in [-0.1, -0.05) is 53.5 Å². The molecule has 1 saturated heterocycles. The summed E-state index contributed by atoms with van der Waals surface area (Å²) in [6.45, 7) is 2.73. The van der Waals surface area contributed by atoms with Crippen LogP contribution >= 0.6 is 23.2 Å². The Morgan fingerprint density at radius 1 is 0.946 bits per heavy atom. The number of aromatic nitrogens is 1. The van der Waals surface area contributed by atoms with Gasteiger partial charge >= 0.3 is 0 Å². The molecule has 0 spiro atoms. The van der Waals surface area contributed by atoms with E-state index in [1.807, 2.05) is 60.2 Å². The maximum atomic E-state index is 13.4. The molecule has 0 radical (unpaired) electrons. The number of carbonyl (C=O) groups is 1. The molecule has 0 saturated carbocycles. The number of hydrogen-bond acceptors (Lipinski definition) is 4. The normalized spacial score (nSPS) is 15.5. The SMILES string of the molecule is Cc1cccn1-c1cc(-c2ccccc2Cl)cc(S(=O)(=O)C2CCCCN2)c1.O=Cc1cccc(Cl)c1. The predicted octanol–water partition coefficient (Wildman–Crippen LogP) is 7.13. The third-order valence-electron chi connectivity index (χ3n) is 6.26. The number of rotatable bonds is 5. The monoisotopic (exact) mass is 554 g/mol. The number of carbonyl (C=O) groups excluding carboxylic acids is 1.